The Hall–Kier alpha value is -2.21. The minimum atomic E-state index is -0.496. The lowest BCUT2D eigenvalue weighted by Crippen LogP contribution is -2.18. The van der Waals surface area contributed by atoms with E-state index in [2.05, 4.69) is 26.6 Å². The molecule has 0 saturated heterocycles. The van der Waals surface area contributed by atoms with Gasteiger partial charge in [0.25, 0.3) is 5.91 Å². The van der Waals surface area contributed by atoms with Crippen molar-refractivity contribution in [3.8, 4) is 0 Å². The van der Waals surface area contributed by atoms with Crippen molar-refractivity contribution in [1.29, 1.82) is 0 Å². The number of anilines is 2. The van der Waals surface area contributed by atoms with Crippen LogP contribution in [0, 0.1) is 18.7 Å². The molecule has 0 aliphatic carbocycles. The van der Waals surface area contributed by atoms with Crippen LogP contribution in [-0.2, 0) is 4.79 Å². The summed E-state index contributed by atoms with van der Waals surface area (Å²) in [4.78, 5) is 24.1. The van der Waals surface area contributed by atoms with Crippen LogP contribution in [-0.4, -0.2) is 11.8 Å². The Morgan fingerprint density at radius 3 is 2.42 bits per heavy atom. The van der Waals surface area contributed by atoms with Crippen molar-refractivity contribution in [1.82, 2.24) is 0 Å². The van der Waals surface area contributed by atoms with Gasteiger partial charge in [0.2, 0.25) is 5.91 Å². The number of carbonyl (C=O) groups is 2. The highest BCUT2D eigenvalue weighted by molar-refractivity contribution is 9.10. The topological polar surface area (TPSA) is 58.2 Å². The van der Waals surface area contributed by atoms with Crippen molar-refractivity contribution in [2.45, 2.75) is 20.8 Å². The van der Waals surface area contributed by atoms with E-state index in [-0.39, 0.29) is 17.4 Å². The smallest absolute Gasteiger partial charge is 0.255 e. The third-order valence-corrected chi connectivity index (χ3v) is 3.86. The van der Waals surface area contributed by atoms with E-state index < -0.39 is 11.7 Å². The van der Waals surface area contributed by atoms with Gasteiger partial charge in [-0.1, -0.05) is 35.8 Å². The molecule has 0 aliphatic heterocycles. The molecule has 2 amide bonds. The number of carbonyl (C=O) groups excluding carboxylic acids is 2. The molecule has 4 nitrogen and oxygen atoms in total. The van der Waals surface area contributed by atoms with Crippen LogP contribution in [0.25, 0.3) is 0 Å². The summed E-state index contributed by atoms with van der Waals surface area (Å²) in [7, 11) is 0. The summed E-state index contributed by atoms with van der Waals surface area (Å²) in [5.41, 5.74) is 2.19. The highest BCUT2D eigenvalue weighted by Gasteiger charge is 2.12. The highest BCUT2D eigenvalue weighted by Crippen LogP contribution is 2.22. The number of hydrogen-bond acceptors (Lipinski definition) is 2. The molecule has 0 bridgehead atoms. The van der Waals surface area contributed by atoms with Gasteiger partial charge in [-0.05, 0) is 42.8 Å². The number of rotatable bonds is 4. The largest absolute Gasteiger partial charge is 0.326 e. The maximum absolute atomic E-state index is 13.4. The molecule has 0 fully saturated rings. The Balaban J connectivity index is 2.22. The van der Waals surface area contributed by atoms with Gasteiger partial charge < -0.3 is 10.6 Å². The maximum Gasteiger partial charge on any atom is 0.255 e. The first-order valence-corrected chi connectivity index (χ1v) is 8.24. The summed E-state index contributed by atoms with van der Waals surface area (Å²) in [6, 6.07) is 9.24. The molecule has 24 heavy (non-hydrogen) atoms. The summed E-state index contributed by atoms with van der Waals surface area (Å²) < 4.78 is 13.9. The van der Waals surface area contributed by atoms with Crippen LogP contribution >= 0.6 is 15.9 Å². The molecule has 2 aromatic rings. The van der Waals surface area contributed by atoms with Gasteiger partial charge in [0.1, 0.15) is 5.82 Å². The van der Waals surface area contributed by atoms with Crippen LogP contribution < -0.4 is 10.6 Å². The first-order chi connectivity index (χ1) is 11.3. The average molecular weight is 393 g/mol. The predicted molar refractivity (Wildman–Crippen MR) is 96.7 cm³/mol. The van der Waals surface area contributed by atoms with E-state index >= 15 is 0 Å². The number of amides is 2. The molecule has 0 spiro atoms. The quantitative estimate of drug-likeness (QED) is 0.788. The lowest BCUT2D eigenvalue weighted by molar-refractivity contribution is -0.118. The molecule has 0 saturated carbocycles. The second-order valence-corrected chi connectivity index (χ2v) is 6.70. The lowest BCUT2D eigenvalue weighted by atomic mass is 10.1. The Morgan fingerprint density at radius 1 is 1.08 bits per heavy atom. The van der Waals surface area contributed by atoms with Gasteiger partial charge >= 0.3 is 0 Å². The molecule has 0 heterocycles. The van der Waals surface area contributed by atoms with Crippen molar-refractivity contribution in [3.05, 3.63) is 57.8 Å². The summed E-state index contributed by atoms with van der Waals surface area (Å²) in [5, 5.41) is 5.53. The number of halogens is 2. The van der Waals surface area contributed by atoms with E-state index in [9.17, 15) is 14.0 Å². The monoisotopic (exact) mass is 392 g/mol. The normalized spacial score (nSPS) is 10.6. The second kappa shape index (κ2) is 7.57. The highest BCUT2D eigenvalue weighted by atomic mass is 79.9. The van der Waals surface area contributed by atoms with E-state index in [0.717, 1.165) is 5.56 Å². The first-order valence-electron chi connectivity index (χ1n) is 7.45. The van der Waals surface area contributed by atoms with Crippen LogP contribution in [0.3, 0.4) is 0 Å². The van der Waals surface area contributed by atoms with Gasteiger partial charge in [0, 0.05) is 27.3 Å². The fourth-order valence-corrected chi connectivity index (χ4v) is 2.47. The standard InChI is InChI=1S/C18H18BrFN2O2/c1-10(2)17(23)21-15-5-4-11(3)16(9-15)22-18(24)12-6-13(19)8-14(20)7-12/h4-10H,1-3H3,(H,21,23)(H,22,24). The Bertz CT molecular complexity index is 770. The number of benzene rings is 2. The molecule has 2 aromatic carbocycles. The number of hydrogen-bond donors (Lipinski definition) is 2. The molecular weight excluding hydrogens is 375 g/mol. The molecule has 2 N–H and O–H groups in total. The summed E-state index contributed by atoms with van der Waals surface area (Å²) in [5.74, 6) is -1.17. The summed E-state index contributed by atoms with van der Waals surface area (Å²) in [6.45, 7) is 5.44. The fourth-order valence-electron chi connectivity index (χ4n) is 2.00. The van der Waals surface area contributed by atoms with E-state index in [1.54, 1.807) is 32.0 Å². The van der Waals surface area contributed by atoms with Crippen LogP contribution in [0.2, 0.25) is 0 Å². The second-order valence-electron chi connectivity index (χ2n) is 5.79. The van der Waals surface area contributed by atoms with Crippen molar-refractivity contribution in [2.75, 3.05) is 10.6 Å². The van der Waals surface area contributed by atoms with E-state index in [4.69, 9.17) is 0 Å². The van der Waals surface area contributed by atoms with Gasteiger partial charge in [-0.2, -0.15) is 0 Å². The lowest BCUT2D eigenvalue weighted by Gasteiger charge is -2.13. The molecule has 0 radical (unpaired) electrons. The van der Waals surface area contributed by atoms with Crippen molar-refractivity contribution < 1.29 is 14.0 Å². The zero-order valence-electron chi connectivity index (χ0n) is 13.6. The van der Waals surface area contributed by atoms with Crippen LogP contribution in [0.5, 0.6) is 0 Å². The van der Waals surface area contributed by atoms with E-state index in [1.165, 1.54) is 18.2 Å². The third kappa shape index (κ3) is 4.64. The SMILES string of the molecule is Cc1ccc(NC(=O)C(C)C)cc1NC(=O)c1cc(F)cc(Br)c1. The number of nitrogens with one attached hydrogen (secondary N) is 2. The van der Waals surface area contributed by atoms with Crippen molar-refractivity contribution in [2.24, 2.45) is 5.92 Å². The maximum atomic E-state index is 13.4. The molecule has 0 atom stereocenters. The zero-order chi connectivity index (χ0) is 17.9. The van der Waals surface area contributed by atoms with Crippen LogP contribution in [0.15, 0.2) is 40.9 Å². The molecule has 2 rings (SSSR count). The van der Waals surface area contributed by atoms with Crippen LogP contribution in [0.1, 0.15) is 29.8 Å². The number of aryl methyl sites for hydroxylation is 1. The Kier molecular flexibility index (Phi) is 5.72. The predicted octanol–water partition coefficient (Wildman–Crippen LogP) is 4.74. The van der Waals surface area contributed by atoms with Gasteiger partial charge in [0.15, 0.2) is 0 Å². The van der Waals surface area contributed by atoms with Crippen molar-refractivity contribution >= 4 is 39.1 Å². The minimum Gasteiger partial charge on any atom is -0.326 e. The average Bonchev–Trinajstić information content (AvgIpc) is 2.49. The molecule has 0 aliphatic rings. The van der Waals surface area contributed by atoms with Crippen molar-refractivity contribution in [3.63, 3.8) is 0 Å². The van der Waals surface area contributed by atoms with E-state index in [0.29, 0.717) is 15.8 Å². The molecule has 6 heteroatoms. The van der Waals surface area contributed by atoms with Gasteiger partial charge in [-0.15, -0.1) is 0 Å². The Morgan fingerprint density at radius 2 is 1.79 bits per heavy atom. The third-order valence-electron chi connectivity index (χ3n) is 3.40. The van der Waals surface area contributed by atoms with Gasteiger partial charge in [-0.25, -0.2) is 4.39 Å². The summed E-state index contributed by atoms with van der Waals surface area (Å²) >= 11 is 3.17. The van der Waals surface area contributed by atoms with E-state index in [1.807, 2.05) is 6.92 Å². The van der Waals surface area contributed by atoms with Crippen LogP contribution in [0.4, 0.5) is 15.8 Å². The fraction of sp³-hybridized carbons (Fsp3) is 0.222. The Labute approximate surface area is 148 Å². The first kappa shape index (κ1) is 18.1. The minimum absolute atomic E-state index is 0.106. The van der Waals surface area contributed by atoms with Gasteiger partial charge in [0.05, 0.1) is 0 Å². The molecular formula is C18H18BrFN2O2. The molecule has 0 unspecified atom stereocenters. The molecule has 126 valence electrons. The zero-order valence-corrected chi connectivity index (χ0v) is 15.2. The van der Waals surface area contributed by atoms with Gasteiger partial charge in [-0.3, -0.25) is 9.59 Å². The molecule has 0 aromatic heterocycles. The summed E-state index contributed by atoms with van der Waals surface area (Å²) in [6.07, 6.45) is 0.